The summed E-state index contributed by atoms with van der Waals surface area (Å²) >= 11 is 0. The Bertz CT molecular complexity index is 730. The number of aromatic nitrogens is 1. The summed E-state index contributed by atoms with van der Waals surface area (Å²) in [6, 6.07) is 11.8. The lowest BCUT2D eigenvalue weighted by atomic mass is 10.2. The van der Waals surface area contributed by atoms with Crippen molar-refractivity contribution in [1.82, 2.24) is 15.2 Å². The van der Waals surface area contributed by atoms with Crippen LogP contribution in [0.5, 0.6) is 0 Å². The van der Waals surface area contributed by atoms with Crippen LogP contribution in [0.15, 0.2) is 48.7 Å². The Kier molecular flexibility index (Phi) is 4.66. The number of benzene rings is 1. The maximum Gasteiger partial charge on any atom is 0.266 e. The molecule has 110 valence electrons. The average molecular weight is 305 g/mol. The van der Waals surface area contributed by atoms with Gasteiger partial charge < -0.3 is 0 Å². The van der Waals surface area contributed by atoms with Gasteiger partial charge in [-0.1, -0.05) is 30.3 Å². The van der Waals surface area contributed by atoms with Crippen LogP contribution in [0.1, 0.15) is 21.6 Å². The molecule has 0 bridgehead atoms. The zero-order chi connectivity index (χ0) is 15.3. The van der Waals surface area contributed by atoms with Crippen molar-refractivity contribution in [1.29, 1.82) is 0 Å². The Morgan fingerprint density at radius 1 is 1.19 bits per heavy atom. The molecule has 1 aromatic carbocycles. The van der Waals surface area contributed by atoms with E-state index in [1.54, 1.807) is 43.3 Å². The molecule has 0 aliphatic rings. The molecule has 0 aliphatic heterocycles. The van der Waals surface area contributed by atoms with E-state index >= 15 is 0 Å². The van der Waals surface area contributed by atoms with Crippen molar-refractivity contribution < 1.29 is 13.2 Å². The molecule has 0 aliphatic carbocycles. The van der Waals surface area contributed by atoms with Gasteiger partial charge in [-0.2, -0.15) is 0 Å². The first-order valence-electron chi connectivity index (χ1n) is 6.23. The smallest absolute Gasteiger partial charge is 0.266 e. The number of hydrogen-bond donors (Lipinski definition) is 2. The number of sulfonamides is 1. The molecule has 2 N–H and O–H groups in total. The van der Waals surface area contributed by atoms with Crippen molar-refractivity contribution in [3.05, 3.63) is 65.5 Å². The van der Waals surface area contributed by atoms with Crippen LogP contribution in [0.4, 0.5) is 0 Å². The quantitative estimate of drug-likeness (QED) is 0.811. The fraction of sp³-hybridized carbons (Fsp3) is 0.143. The number of aryl methyl sites for hydroxylation is 1. The van der Waals surface area contributed by atoms with Gasteiger partial charge in [-0.25, -0.2) is 8.42 Å². The van der Waals surface area contributed by atoms with Gasteiger partial charge in [-0.3, -0.25) is 15.2 Å². The lowest BCUT2D eigenvalue weighted by Crippen LogP contribution is -2.42. The number of pyridine rings is 1. The molecular weight excluding hydrogens is 290 g/mol. The number of carbonyl (C=O) groups is 1. The van der Waals surface area contributed by atoms with Crippen LogP contribution < -0.4 is 10.3 Å². The number of nitrogens with zero attached hydrogens (tertiary/aromatic N) is 1. The summed E-state index contributed by atoms with van der Waals surface area (Å²) in [5, 5.41) is 0. The third-order valence-corrected chi connectivity index (χ3v) is 3.80. The maximum absolute atomic E-state index is 11.9. The fourth-order valence-corrected chi connectivity index (χ4v) is 2.66. The number of nitrogens with one attached hydrogen (secondary N) is 2. The first-order chi connectivity index (χ1) is 9.96. The lowest BCUT2D eigenvalue weighted by molar-refractivity contribution is 0.0945. The van der Waals surface area contributed by atoms with Gasteiger partial charge in [0.15, 0.2) is 0 Å². The van der Waals surface area contributed by atoms with Crippen molar-refractivity contribution in [2.45, 2.75) is 12.7 Å². The minimum absolute atomic E-state index is 0.205. The highest BCUT2D eigenvalue weighted by molar-refractivity contribution is 7.88. The first kappa shape index (κ1) is 15.1. The molecule has 0 atom stereocenters. The number of rotatable bonds is 5. The van der Waals surface area contributed by atoms with Crippen LogP contribution in [0.25, 0.3) is 0 Å². The fourth-order valence-electron chi connectivity index (χ4n) is 1.71. The van der Waals surface area contributed by atoms with E-state index in [1.807, 2.05) is 0 Å². The monoisotopic (exact) mass is 305 g/mol. The molecule has 0 saturated carbocycles. The average Bonchev–Trinajstić information content (AvgIpc) is 2.45. The van der Waals surface area contributed by atoms with Crippen molar-refractivity contribution in [2.75, 3.05) is 0 Å². The van der Waals surface area contributed by atoms with Crippen molar-refractivity contribution >= 4 is 15.9 Å². The lowest BCUT2D eigenvalue weighted by Gasteiger charge is -2.08. The predicted octanol–water partition coefficient (Wildman–Crippen LogP) is 1.15. The second-order valence-electron chi connectivity index (χ2n) is 4.49. The third-order valence-electron chi connectivity index (χ3n) is 2.68. The van der Waals surface area contributed by atoms with Gasteiger partial charge >= 0.3 is 0 Å². The summed E-state index contributed by atoms with van der Waals surface area (Å²) in [6.45, 7) is 1.75. The van der Waals surface area contributed by atoms with Crippen LogP contribution in [0.3, 0.4) is 0 Å². The summed E-state index contributed by atoms with van der Waals surface area (Å²) < 4.78 is 23.7. The molecule has 1 aromatic heterocycles. The van der Waals surface area contributed by atoms with E-state index in [4.69, 9.17) is 0 Å². The molecule has 0 spiro atoms. The number of amides is 1. The molecule has 0 fully saturated rings. The van der Waals surface area contributed by atoms with Crippen molar-refractivity contribution in [3.8, 4) is 0 Å². The Balaban J connectivity index is 1.97. The Labute approximate surface area is 123 Å². The predicted molar refractivity (Wildman–Crippen MR) is 78.6 cm³/mol. The third kappa shape index (κ3) is 4.66. The minimum Gasteiger partial charge on any atom is -0.274 e. The molecule has 2 aromatic rings. The standard InChI is InChI=1S/C14H15N3O3S/c1-11-9-13(7-8-15-11)14(18)16-17-21(19,20)10-12-5-3-2-4-6-12/h2-9,17H,10H2,1H3,(H,16,18). The van der Waals surface area contributed by atoms with E-state index < -0.39 is 15.9 Å². The first-order valence-corrected chi connectivity index (χ1v) is 7.88. The van der Waals surface area contributed by atoms with Crippen LogP contribution in [0, 0.1) is 6.92 Å². The second-order valence-corrected chi connectivity index (χ2v) is 6.21. The van der Waals surface area contributed by atoms with E-state index in [1.165, 1.54) is 12.3 Å². The van der Waals surface area contributed by atoms with E-state index in [-0.39, 0.29) is 5.75 Å². The van der Waals surface area contributed by atoms with Gasteiger partial charge in [0, 0.05) is 17.5 Å². The Hall–Kier alpha value is -2.25. The molecule has 0 radical (unpaired) electrons. The normalized spacial score (nSPS) is 11.1. The highest BCUT2D eigenvalue weighted by atomic mass is 32.2. The van der Waals surface area contributed by atoms with Gasteiger partial charge in [0.05, 0.1) is 5.75 Å². The van der Waals surface area contributed by atoms with Crippen molar-refractivity contribution in [2.24, 2.45) is 0 Å². The zero-order valence-corrected chi connectivity index (χ0v) is 12.2. The molecule has 1 amide bonds. The van der Waals surface area contributed by atoms with Crippen LogP contribution >= 0.6 is 0 Å². The van der Waals surface area contributed by atoms with Crippen LogP contribution in [0.2, 0.25) is 0 Å². The van der Waals surface area contributed by atoms with Gasteiger partial charge in [0.25, 0.3) is 5.91 Å². The highest BCUT2D eigenvalue weighted by Gasteiger charge is 2.13. The number of carbonyl (C=O) groups excluding carboxylic acids is 1. The van der Waals surface area contributed by atoms with Crippen molar-refractivity contribution in [3.63, 3.8) is 0 Å². The summed E-state index contributed by atoms with van der Waals surface area (Å²) in [5.41, 5.74) is 3.83. The van der Waals surface area contributed by atoms with Crippen LogP contribution in [-0.4, -0.2) is 19.3 Å². The summed E-state index contributed by atoms with van der Waals surface area (Å²) in [7, 11) is -3.65. The molecule has 7 heteroatoms. The molecule has 2 rings (SSSR count). The van der Waals surface area contributed by atoms with Crippen LogP contribution in [-0.2, 0) is 15.8 Å². The summed E-state index contributed by atoms with van der Waals surface area (Å²) in [6.07, 6.45) is 1.49. The molecule has 0 unspecified atom stereocenters. The number of hydrazine groups is 1. The molecule has 1 heterocycles. The second kappa shape index (κ2) is 6.47. The van der Waals surface area contributed by atoms with Gasteiger partial charge in [0.1, 0.15) is 0 Å². The Morgan fingerprint density at radius 3 is 2.57 bits per heavy atom. The van der Waals surface area contributed by atoms with Gasteiger partial charge in [0.2, 0.25) is 10.0 Å². The number of hydrogen-bond acceptors (Lipinski definition) is 4. The van der Waals surface area contributed by atoms with E-state index in [0.29, 0.717) is 16.8 Å². The minimum atomic E-state index is -3.65. The molecule has 21 heavy (non-hydrogen) atoms. The maximum atomic E-state index is 11.9. The topological polar surface area (TPSA) is 88.2 Å². The molecule has 6 nitrogen and oxygen atoms in total. The largest absolute Gasteiger partial charge is 0.274 e. The van der Waals surface area contributed by atoms with Gasteiger partial charge in [-0.05, 0) is 24.6 Å². The van der Waals surface area contributed by atoms with E-state index in [2.05, 4.69) is 15.2 Å². The molecular formula is C14H15N3O3S. The van der Waals surface area contributed by atoms with E-state index in [9.17, 15) is 13.2 Å². The van der Waals surface area contributed by atoms with Gasteiger partial charge in [-0.15, -0.1) is 4.83 Å². The zero-order valence-electron chi connectivity index (χ0n) is 11.4. The summed E-state index contributed by atoms with van der Waals surface area (Å²) in [5.74, 6) is -0.735. The highest BCUT2D eigenvalue weighted by Crippen LogP contribution is 2.04. The van der Waals surface area contributed by atoms with E-state index in [0.717, 1.165) is 0 Å². The molecule has 0 saturated heterocycles. The SMILES string of the molecule is Cc1cc(C(=O)NNS(=O)(=O)Cc2ccccc2)ccn1. The summed E-state index contributed by atoms with van der Waals surface area (Å²) in [4.78, 5) is 17.9. The Morgan fingerprint density at radius 2 is 1.90 bits per heavy atom.